The van der Waals surface area contributed by atoms with E-state index in [0.29, 0.717) is 23.2 Å². The van der Waals surface area contributed by atoms with E-state index in [1.165, 1.54) is 64.2 Å². The molecule has 3 nitrogen and oxygen atoms in total. The summed E-state index contributed by atoms with van der Waals surface area (Å²) in [5, 5.41) is 26.9. The third kappa shape index (κ3) is 3.02. The van der Waals surface area contributed by atoms with Gasteiger partial charge in [-0.15, -0.1) is 0 Å². The Morgan fingerprint density at radius 1 is 0.926 bits per heavy atom. The van der Waals surface area contributed by atoms with Crippen molar-refractivity contribution < 1.29 is 10.2 Å². The van der Waals surface area contributed by atoms with Gasteiger partial charge in [-0.3, -0.25) is 0 Å². The summed E-state index contributed by atoms with van der Waals surface area (Å²) >= 11 is 0. The number of hydrogen-bond donors (Lipinski definition) is 3. The first-order valence-corrected chi connectivity index (χ1v) is 12.1. The number of aliphatic hydroxyl groups is 2. The minimum absolute atomic E-state index is 0.152. The summed E-state index contributed by atoms with van der Waals surface area (Å²) in [4.78, 5) is 0. The standard InChI is InChI=1S/C24H41NO2/c1-22-10-6-12-24(27,16-22)19-13-23(21(19)20(26)14-22)11-5-7-17(23)15-25-18-8-3-2-4-9-18/h17-21,25-27H,2-16H2,1H3. The number of aliphatic hydroxyl groups excluding tert-OH is 1. The van der Waals surface area contributed by atoms with E-state index in [1.807, 2.05) is 0 Å². The van der Waals surface area contributed by atoms with E-state index < -0.39 is 5.60 Å². The van der Waals surface area contributed by atoms with Crippen molar-refractivity contribution >= 4 is 0 Å². The van der Waals surface area contributed by atoms with Crippen LogP contribution in [0.3, 0.4) is 0 Å². The van der Waals surface area contributed by atoms with Crippen molar-refractivity contribution in [3.8, 4) is 0 Å². The molecule has 0 aromatic heterocycles. The lowest BCUT2D eigenvalue weighted by atomic mass is 9.44. The van der Waals surface area contributed by atoms with Gasteiger partial charge in [0.2, 0.25) is 0 Å². The van der Waals surface area contributed by atoms with E-state index in [4.69, 9.17) is 0 Å². The van der Waals surface area contributed by atoms with Crippen molar-refractivity contribution in [2.45, 2.75) is 115 Å². The van der Waals surface area contributed by atoms with Gasteiger partial charge in [0.25, 0.3) is 0 Å². The van der Waals surface area contributed by atoms with E-state index in [0.717, 1.165) is 38.3 Å². The molecule has 0 radical (unpaired) electrons. The third-order valence-electron chi connectivity index (χ3n) is 9.89. The summed E-state index contributed by atoms with van der Waals surface area (Å²) in [6.07, 6.45) is 17.0. The summed E-state index contributed by atoms with van der Waals surface area (Å²) in [5.41, 5.74) is -0.0287. The minimum atomic E-state index is -0.496. The van der Waals surface area contributed by atoms with Gasteiger partial charge in [0.1, 0.15) is 0 Å². The molecule has 0 aliphatic heterocycles. The zero-order valence-corrected chi connectivity index (χ0v) is 17.4. The first kappa shape index (κ1) is 18.9. The van der Waals surface area contributed by atoms with Gasteiger partial charge in [0.05, 0.1) is 11.7 Å². The maximum atomic E-state index is 11.6. The SMILES string of the molecule is CC12CCCC(O)(C1)C1CC3(CCCC3CNC3CCCCC3)C1C(O)C2. The second-order valence-electron chi connectivity index (χ2n) is 11.6. The van der Waals surface area contributed by atoms with Gasteiger partial charge < -0.3 is 15.5 Å². The first-order valence-electron chi connectivity index (χ1n) is 12.1. The molecular formula is C24H41NO2. The molecule has 0 aromatic carbocycles. The van der Waals surface area contributed by atoms with Crippen LogP contribution in [0.2, 0.25) is 0 Å². The van der Waals surface area contributed by atoms with Crippen molar-refractivity contribution in [2.24, 2.45) is 28.6 Å². The molecule has 5 rings (SSSR count). The number of rotatable bonds is 3. The van der Waals surface area contributed by atoms with Gasteiger partial charge in [-0.25, -0.2) is 0 Å². The predicted octanol–water partition coefficient (Wildman–Crippen LogP) is 4.41. The van der Waals surface area contributed by atoms with E-state index in [9.17, 15) is 10.2 Å². The van der Waals surface area contributed by atoms with Crippen LogP contribution in [0.4, 0.5) is 0 Å². The molecular weight excluding hydrogens is 334 g/mol. The molecule has 7 atom stereocenters. The number of nitrogens with one attached hydrogen (secondary N) is 1. The maximum Gasteiger partial charge on any atom is 0.0685 e. The first-order chi connectivity index (χ1) is 12.9. The lowest BCUT2D eigenvalue weighted by molar-refractivity contribution is -0.204. The van der Waals surface area contributed by atoms with Gasteiger partial charge in [-0.2, -0.15) is 0 Å². The second-order valence-corrected chi connectivity index (χ2v) is 11.6. The predicted molar refractivity (Wildman–Crippen MR) is 108 cm³/mol. The lowest BCUT2D eigenvalue weighted by Gasteiger charge is -2.62. The molecule has 3 heteroatoms. The minimum Gasteiger partial charge on any atom is -0.393 e. The van der Waals surface area contributed by atoms with Gasteiger partial charge >= 0.3 is 0 Å². The maximum absolute atomic E-state index is 11.6. The smallest absolute Gasteiger partial charge is 0.0685 e. The summed E-state index contributed by atoms with van der Waals surface area (Å²) in [5.74, 6) is 1.41. The molecule has 3 N–H and O–H groups in total. The summed E-state index contributed by atoms with van der Waals surface area (Å²) < 4.78 is 0. The van der Waals surface area contributed by atoms with Crippen LogP contribution in [0.25, 0.3) is 0 Å². The Kier molecular flexibility index (Phi) is 4.69. The van der Waals surface area contributed by atoms with Crippen LogP contribution >= 0.6 is 0 Å². The summed E-state index contributed by atoms with van der Waals surface area (Å²) in [6, 6.07) is 0.730. The fourth-order valence-electron chi connectivity index (χ4n) is 8.75. The van der Waals surface area contributed by atoms with Crippen LogP contribution in [-0.2, 0) is 0 Å². The van der Waals surface area contributed by atoms with Crippen LogP contribution in [0, 0.1) is 28.6 Å². The van der Waals surface area contributed by atoms with Gasteiger partial charge in [0, 0.05) is 6.04 Å². The third-order valence-corrected chi connectivity index (χ3v) is 9.89. The Hall–Kier alpha value is -0.120. The highest BCUT2D eigenvalue weighted by atomic mass is 16.3. The van der Waals surface area contributed by atoms with Crippen molar-refractivity contribution in [1.82, 2.24) is 5.32 Å². The zero-order chi connectivity index (χ0) is 18.7. The molecule has 5 fully saturated rings. The Morgan fingerprint density at radius 2 is 1.74 bits per heavy atom. The molecule has 5 saturated carbocycles. The normalized spacial score (nSPS) is 53.0. The van der Waals surface area contributed by atoms with Crippen LogP contribution in [0.1, 0.15) is 96.8 Å². The van der Waals surface area contributed by atoms with Gasteiger partial charge in [-0.05, 0) is 92.9 Å². The fourth-order valence-corrected chi connectivity index (χ4v) is 8.75. The number of hydrogen-bond acceptors (Lipinski definition) is 3. The monoisotopic (exact) mass is 375 g/mol. The average molecular weight is 376 g/mol. The van der Waals surface area contributed by atoms with E-state index in [-0.39, 0.29) is 11.5 Å². The Labute approximate surface area is 165 Å². The summed E-state index contributed by atoms with van der Waals surface area (Å²) in [7, 11) is 0. The van der Waals surface area contributed by atoms with Crippen LogP contribution < -0.4 is 5.32 Å². The van der Waals surface area contributed by atoms with Gasteiger partial charge in [-0.1, -0.05) is 39.0 Å². The second kappa shape index (κ2) is 6.71. The number of fused-ring (bicyclic) bond motifs is 5. The topological polar surface area (TPSA) is 52.5 Å². The molecule has 154 valence electrons. The molecule has 7 unspecified atom stereocenters. The molecule has 5 aliphatic rings. The van der Waals surface area contributed by atoms with Crippen molar-refractivity contribution in [3.63, 3.8) is 0 Å². The zero-order valence-electron chi connectivity index (χ0n) is 17.4. The summed E-state index contributed by atoms with van der Waals surface area (Å²) in [6.45, 7) is 3.48. The highest BCUT2D eigenvalue weighted by Crippen LogP contribution is 2.70. The molecule has 5 aliphatic carbocycles. The largest absolute Gasteiger partial charge is 0.393 e. The molecule has 2 bridgehead atoms. The molecule has 1 spiro atoms. The molecule has 27 heavy (non-hydrogen) atoms. The Bertz CT molecular complexity index is 561. The highest BCUT2D eigenvalue weighted by Gasteiger charge is 2.68. The molecule has 0 saturated heterocycles. The Balaban J connectivity index is 1.34. The molecule has 0 amide bonds. The van der Waals surface area contributed by atoms with Crippen molar-refractivity contribution in [1.29, 1.82) is 0 Å². The lowest BCUT2D eigenvalue weighted by Crippen LogP contribution is -2.63. The fraction of sp³-hybridized carbons (Fsp3) is 1.00. The quantitative estimate of drug-likeness (QED) is 0.685. The molecule has 0 aromatic rings. The van der Waals surface area contributed by atoms with Crippen LogP contribution in [0.15, 0.2) is 0 Å². The van der Waals surface area contributed by atoms with Crippen molar-refractivity contribution in [3.05, 3.63) is 0 Å². The Morgan fingerprint density at radius 3 is 2.56 bits per heavy atom. The van der Waals surface area contributed by atoms with E-state index >= 15 is 0 Å². The highest BCUT2D eigenvalue weighted by molar-refractivity contribution is 5.18. The van der Waals surface area contributed by atoms with Crippen LogP contribution in [0.5, 0.6) is 0 Å². The van der Waals surface area contributed by atoms with Crippen molar-refractivity contribution in [2.75, 3.05) is 6.54 Å². The van der Waals surface area contributed by atoms with Gasteiger partial charge in [0.15, 0.2) is 0 Å². The van der Waals surface area contributed by atoms with E-state index in [2.05, 4.69) is 12.2 Å². The average Bonchev–Trinajstić information content (AvgIpc) is 3.01. The van der Waals surface area contributed by atoms with Crippen LogP contribution in [-0.4, -0.2) is 34.5 Å². The molecule has 0 heterocycles. The van der Waals surface area contributed by atoms with E-state index in [1.54, 1.807) is 0 Å².